The number of hydrogen-bond acceptors (Lipinski definition) is 1. The fourth-order valence-corrected chi connectivity index (χ4v) is 2.38. The standard InChI is InChI=1S/C16H13NO/c1-2-7-16(18)17-14-10-5-3-8-12(14)13-9-4-6-11-15(13)17/h2-11H,1H3. The number of allylic oxidation sites excluding steroid dienone is 2. The Kier molecular flexibility index (Phi) is 2.49. The molecule has 18 heavy (non-hydrogen) atoms. The molecule has 0 saturated heterocycles. The number of fused-ring (bicyclic) bond motifs is 3. The summed E-state index contributed by atoms with van der Waals surface area (Å²) in [4.78, 5) is 12.2. The molecule has 0 aliphatic rings. The third-order valence-corrected chi connectivity index (χ3v) is 3.11. The van der Waals surface area contributed by atoms with E-state index in [1.54, 1.807) is 16.7 Å². The van der Waals surface area contributed by atoms with Crippen LogP contribution in [0.25, 0.3) is 21.8 Å². The van der Waals surface area contributed by atoms with Gasteiger partial charge in [0, 0.05) is 10.8 Å². The molecule has 2 aromatic carbocycles. The molecule has 0 fully saturated rings. The van der Waals surface area contributed by atoms with Crippen LogP contribution in [0.3, 0.4) is 0 Å². The van der Waals surface area contributed by atoms with Gasteiger partial charge in [-0.1, -0.05) is 42.5 Å². The second kappa shape index (κ2) is 4.15. The van der Waals surface area contributed by atoms with E-state index in [1.165, 1.54) is 0 Å². The molecule has 0 unspecified atom stereocenters. The lowest BCUT2D eigenvalue weighted by Crippen LogP contribution is -2.06. The van der Waals surface area contributed by atoms with Gasteiger partial charge in [0.2, 0.25) is 0 Å². The molecule has 0 radical (unpaired) electrons. The van der Waals surface area contributed by atoms with Gasteiger partial charge in [-0.15, -0.1) is 0 Å². The molecule has 0 atom stereocenters. The molecule has 0 bridgehead atoms. The van der Waals surface area contributed by atoms with E-state index in [4.69, 9.17) is 0 Å². The number of rotatable bonds is 1. The minimum atomic E-state index is -0.00472. The Morgan fingerprint density at radius 1 is 0.944 bits per heavy atom. The summed E-state index contributed by atoms with van der Waals surface area (Å²) in [6, 6.07) is 16.0. The fourth-order valence-electron chi connectivity index (χ4n) is 2.38. The normalized spacial score (nSPS) is 11.6. The van der Waals surface area contributed by atoms with Crippen molar-refractivity contribution in [2.24, 2.45) is 0 Å². The number of para-hydroxylation sites is 2. The minimum Gasteiger partial charge on any atom is -0.276 e. The van der Waals surface area contributed by atoms with E-state index in [0.717, 1.165) is 21.8 Å². The first-order chi connectivity index (χ1) is 8.83. The van der Waals surface area contributed by atoms with Crippen LogP contribution in [0.5, 0.6) is 0 Å². The minimum absolute atomic E-state index is 0.00472. The molecular formula is C16H13NO. The Morgan fingerprint density at radius 2 is 1.44 bits per heavy atom. The second-order valence-electron chi connectivity index (χ2n) is 4.21. The summed E-state index contributed by atoms with van der Waals surface area (Å²) in [5.41, 5.74) is 1.92. The highest BCUT2D eigenvalue weighted by Gasteiger charge is 2.12. The highest BCUT2D eigenvalue weighted by molar-refractivity contribution is 6.14. The van der Waals surface area contributed by atoms with E-state index < -0.39 is 0 Å². The van der Waals surface area contributed by atoms with Crippen molar-refractivity contribution in [3.8, 4) is 0 Å². The number of hydrogen-bond donors (Lipinski definition) is 0. The average Bonchev–Trinajstić information content (AvgIpc) is 2.73. The zero-order valence-electron chi connectivity index (χ0n) is 10.1. The van der Waals surface area contributed by atoms with Gasteiger partial charge in [0.15, 0.2) is 0 Å². The van der Waals surface area contributed by atoms with Gasteiger partial charge in [0.05, 0.1) is 11.0 Å². The summed E-state index contributed by atoms with van der Waals surface area (Å²) in [7, 11) is 0. The maximum absolute atomic E-state index is 12.2. The Bertz CT molecular complexity index is 712. The Morgan fingerprint density at radius 3 is 1.94 bits per heavy atom. The van der Waals surface area contributed by atoms with Crippen LogP contribution in [0, 0.1) is 0 Å². The predicted octanol–water partition coefficient (Wildman–Crippen LogP) is 4.01. The average molecular weight is 235 g/mol. The topological polar surface area (TPSA) is 22.0 Å². The quantitative estimate of drug-likeness (QED) is 0.584. The largest absolute Gasteiger partial charge is 0.276 e. The van der Waals surface area contributed by atoms with E-state index in [1.807, 2.05) is 43.3 Å². The van der Waals surface area contributed by atoms with Gasteiger partial charge in [-0.3, -0.25) is 9.36 Å². The Hall–Kier alpha value is -2.35. The van der Waals surface area contributed by atoms with E-state index in [0.29, 0.717) is 0 Å². The molecule has 3 aromatic rings. The first-order valence-corrected chi connectivity index (χ1v) is 5.98. The summed E-state index contributed by atoms with van der Waals surface area (Å²) >= 11 is 0. The van der Waals surface area contributed by atoms with Crippen molar-refractivity contribution in [1.82, 2.24) is 4.57 Å². The predicted molar refractivity (Wildman–Crippen MR) is 74.9 cm³/mol. The second-order valence-corrected chi connectivity index (χ2v) is 4.21. The van der Waals surface area contributed by atoms with Crippen molar-refractivity contribution in [1.29, 1.82) is 0 Å². The number of nitrogens with zero attached hydrogens (tertiary/aromatic N) is 1. The van der Waals surface area contributed by atoms with Crippen molar-refractivity contribution >= 4 is 27.7 Å². The van der Waals surface area contributed by atoms with Gasteiger partial charge in [-0.05, 0) is 25.1 Å². The molecular weight excluding hydrogens is 222 g/mol. The van der Waals surface area contributed by atoms with Gasteiger partial charge in [0.25, 0.3) is 5.91 Å². The van der Waals surface area contributed by atoms with Crippen LogP contribution in [-0.4, -0.2) is 10.5 Å². The van der Waals surface area contributed by atoms with E-state index in [9.17, 15) is 4.79 Å². The smallest absolute Gasteiger partial charge is 0.255 e. The van der Waals surface area contributed by atoms with Crippen LogP contribution in [-0.2, 0) is 0 Å². The zero-order valence-corrected chi connectivity index (χ0v) is 10.1. The maximum atomic E-state index is 12.2. The van der Waals surface area contributed by atoms with Crippen molar-refractivity contribution < 1.29 is 4.79 Å². The van der Waals surface area contributed by atoms with Crippen molar-refractivity contribution in [2.45, 2.75) is 6.92 Å². The summed E-state index contributed by atoms with van der Waals surface area (Å²) in [5, 5.41) is 2.23. The zero-order chi connectivity index (χ0) is 12.5. The number of carbonyl (C=O) groups excluding carboxylic acids is 1. The number of aromatic nitrogens is 1. The summed E-state index contributed by atoms with van der Waals surface area (Å²) in [6.07, 6.45) is 3.37. The van der Waals surface area contributed by atoms with Gasteiger partial charge in [0.1, 0.15) is 0 Å². The molecule has 2 nitrogen and oxygen atoms in total. The van der Waals surface area contributed by atoms with Gasteiger partial charge >= 0.3 is 0 Å². The molecule has 0 aliphatic carbocycles. The van der Waals surface area contributed by atoms with E-state index >= 15 is 0 Å². The van der Waals surface area contributed by atoms with Crippen LogP contribution in [0.1, 0.15) is 11.7 Å². The van der Waals surface area contributed by atoms with Crippen LogP contribution >= 0.6 is 0 Å². The van der Waals surface area contributed by atoms with Crippen molar-refractivity contribution in [2.75, 3.05) is 0 Å². The molecule has 0 aliphatic heterocycles. The van der Waals surface area contributed by atoms with E-state index in [-0.39, 0.29) is 5.91 Å². The SMILES string of the molecule is CC=CC(=O)n1c2ccccc2c2ccccc21. The molecule has 88 valence electrons. The van der Waals surface area contributed by atoms with Gasteiger partial charge in [-0.25, -0.2) is 0 Å². The fraction of sp³-hybridized carbons (Fsp3) is 0.0625. The highest BCUT2D eigenvalue weighted by atomic mass is 16.1. The van der Waals surface area contributed by atoms with Crippen LogP contribution < -0.4 is 0 Å². The molecule has 2 heteroatoms. The molecule has 1 heterocycles. The van der Waals surface area contributed by atoms with Gasteiger partial charge < -0.3 is 0 Å². The van der Waals surface area contributed by atoms with Crippen LogP contribution in [0.15, 0.2) is 60.7 Å². The number of benzene rings is 2. The van der Waals surface area contributed by atoms with Crippen molar-refractivity contribution in [3.05, 3.63) is 60.7 Å². The Balaban J connectivity index is 2.49. The molecule has 3 rings (SSSR count). The maximum Gasteiger partial charge on any atom is 0.255 e. The number of carbonyl (C=O) groups is 1. The van der Waals surface area contributed by atoms with E-state index in [2.05, 4.69) is 12.1 Å². The van der Waals surface area contributed by atoms with Crippen LogP contribution in [0.4, 0.5) is 0 Å². The molecule has 0 N–H and O–H groups in total. The first-order valence-electron chi connectivity index (χ1n) is 5.98. The van der Waals surface area contributed by atoms with Crippen LogP contribution in [0.2, 0.25) is 0 Å². The van der Waals surface area contributed by atoms with Crippen molar-refractivity contribution in [3.63, 3.8) is 0 Å². The third kappa shape index (κ3) is 1.46. The molecule has 0 amide bonds. The third-order valence-electron chi connectivity index (χ3n) is 3.11. The summed E-state index contributed by atoms with van der Waals surface area (Å²) in [5.74, 6) is -0.00472. The van der Waals surface area contributed by atoms with Gasteiger partial charge in [-0.2, -0.15) is 0 Å². The molecule has 1 aromatic heterocycles. The molecule has 0 saturated carbocycles. The monoisotopic (exact) mass is 235 g/mol. The lowest BCUT2D eigenvalue weighted by Gasteiger charge is -2.01. The summed E-state index contributed by atoms with van der Waals surface area (Å²) < 4.78 is 1.77. The highest BCUT2D eigenvalue weighted by Crippen LogP contribution is 2.28. The first kappa shape index (κ1) is 10.8. The summed E-state index contributed by atoms with van der Waals surface area (Å²) in [6.45, 7) is 1.85. The Labute approximate surface area is 105 Å². The lowest BCUT2D eigenvalue weighted by atomic mass is 10.2. The lowest BCUT2D eigenvalue weighted by molar-refractivity contribution is 0.0978. The molecule has 0 spiro atoms.